The number of aromatic amines is 1. The summed E-state index contributed by atoms with van der Waals surface area (Å²) in [6.45, 7) is 0. The van der Waals surface area contributed by atoms with Crippen molar-refractivity contribution in [3.05, 3.63) is 316 Å². The number of nitrogens with one attached hydrogen (secondary N) is 1. The first-order valence-corrected chi connectivity index (χ1v) is 27.8. The third-order valence-corrected chi connectivity index (χ3v) is 16.5. The first kappa shape index (κ1) is 59.3. The molecule has 0 bridgehead atoms. The molecule has 6 aromatic heterocycles. The maximum Gasteiger partial charge on any atom is 1.00 e. The minimum Gasteiger partial charge on any atom is -0.870 e. The van der Waals surface area contributed by atoms with Crippen molar-refractivity contribution in [2.45, 2.75) is 30.8 Å². The van der Waals surface area contributed by atoms with E-state index in [0.717, 1.165) is 70.0 Å². The fourth-order valence-corrected chi connectivity index (χ4v) is 12.6. The monoisotopic (exact) mass is 1220 g/mol. The molecule has 13 rings (SSSR count). The quantitative estimate of drug-likeness (QED) is 0.0946. The molecular weight excluding hydrogens is 1170 g/mol. The first-order chi connectivity index (χ1) is 37.8. The van der Waals surface area contributed by atoms with Gasteiger partial charge in [-0.15, -0.1) is 0 Å². The summed E-state index contributed by atoms with van der Waals surface area (Å²) in [6, 6.07) is 75.0. The molecule has 0 amide bonds. The van der Waals surface area contributed by atoms with Crippen LogP contribution in [0.5, 0.6) is 0 Å². The average Bonchev–Trinajstić information content (AvgIpc) is 4.54. The van der Waals surface area contributed by atoms with Gasteiger partial charge in [0.05, 0.1) is 17.3 Å². The topological polar surface area (TPSA) is 146 Å². The molecular formula is C66H55Br2N8NaO3S. The summed E-state index contributed by atoms with van der Waals surface area (Å²) in [5.41, 5.74) is 9.89. The van der Waals surface area contributed by atoms with E-state index in [9.17, 15) is 8.42 Å². The predicted molar refractivity (Wildman–Crippen MR) is 327 cm³/mol. The second-order valence-corrected chi connectivity index (χ2v) is 22.0. The van der Waals surface area contributed by atoms with E-state index in [4.69, 9.17) is 10.2 Å². The van der Waals surface area contributed by atoms with Gasteiger partial charge in [0, 0.05) is 79.2 Å². The van der Waals surface area contributed by atoms with Crippen LogP contribution < -0.4 is 29.6 Å². The maximum absolute atomic E-state index is 13.8. The van der Waals surface area contributed by atoms with Gasteiger partial charge in [0.15, 0.2) is 5.65 Å². The second-order valence-electron chi connectivity index (χ2n) is 18.4. The summed E-state index contributed by atoms with van der Waals surface area (Å²) >= 11 is 7.09. The normalized spacial score (nSPS) is 11.3. The number of H-pyrrole nitrogens is 1. The number of hydrogen-bond acceptors (Lipinski definition) is 7. The molecule has 0 radical (unpaired) electrons. The van der Waals surface area contributed by atoms with Gasteiger partial charge in [0.2, 0.25) is 0 Å². The van der Waals surface area contributed by atoms with Crippen LogP contribution in [0.25, 0.3) is 44.3 Å². The largest absolute Gasteiger partial charge is 1.00 e. The molecule has 0 spiro atoms. The molecule has 398 valence electrons. The molecule has 0 unspecified atom stereocenters. The minimum atomic E-state index is -3.90. The molecule has 0 saturated carbocycles. The van der Waals surface area contributed by atoms with Crippen molar-refractivity contribution < 1.29 is 43.5 Å². The fraction of sp³-hybridized carbons (Fsp3) is 0.0606. The van der Waals surface area contributed by atoms with Gasteiger partial charge in [-0.3, -0.25) is 9.36 Å². The molecule has 0 atom stereocenters. The molecule has 0 aliphatic rings. The van der Waals surface area contributed by atoms with E-state index in [2.05, 4.69) is 191 Å². The zero-order valence-corrected chi connectivity index (χ0v) is 48.5. The van der Waals surface area contributed by atoms with Crippen molar-refractivity contribution in [1.82, 2.24) is 38.5 Å². The van der Waals surface area contributed by atoms with Gasteiger partial charge in [-0.1, -0.05) is 215 Å². The molecule has 13 aromatic rings. The van der Waals surface area contributed by atoms with E-state index in [1.807, 2.05) is 83.9 Å². The zero-order chi connectivity index (χ0) is 52.4. The predicted octanol–water partition coefficient (Wildman–Crippen LogP) is 12.9. The Morgan fingerprint density at radius 1 is 0.432 bits per heavy atom. The van der Waals surface area contributed by atoms with Crippen LogP contribution in [0.4, 0.5) is 0 Å². The summed E-state index contributed by atoms with van der Waals surface area (Å²) in [4.78, 5) is 12.5. The number of fused-ring (bicyclic) bond motifs is 2. The molecule has 0 fully saturated rings. The van der Waals surface area contributed by atoms with Gasteiger partial charge in [0.1, 0.15) is 16.7 Å². The third kappa shape index (κ3) is 10.8. The minimum absolute atomic E-state index is 0. The van der Waals surface area contributed by atoms with Crippen molar-refractivity contribution >= 4 is 63.9 Å². The molecule has 2 N–H and O–H groups in total. The van der Waals surface area contributed by atoms with Gasteiger partial charge < -0.3 is 10.5 Å². The van der Waals surface area contributed by atoms with Gasteiger partial charge in [-0.05, 0) is 89.5 Å². The Hall–Kier alpha value is -7.79. The molecule has 11 nitrogen and oxygen atoms in total. The van der Waals surface area contributed by atoms with E-state index in [1.54, 1.807) is 55.1 Å². The Labute approximate surface area is 511 Å². The molecule has 0 aliphatic carbocycles. The number of pyridine rings is 2. The van der Waals surface area contributed by atoms with Crippen molar-refractivity contribution in [3.8, 4) is 22.3 Å². The molecule has 6 heterocycles. The molecule has 7 aromatic carbocycles. The van der Waals surface area contributed by atoms with Crippen LogP contribution in [-0.2, 0) is 21.1 Å². The van der Waals surface area contributed by atoms with Crippen LogP contribution in [0.1, 0.15) is 48.2 Å². The number of halogens is 2. The van der Waals surface area contributed by atoms with E-state index >= 15 is 0 Å². The maximum atomic E-state index is 13.8. The Morgan fingerprint density at radius 2 is 0.778 bits per heavy atom. The molecule has 15 heteroatoms. The van der Waals surface area contributed by atoms with Crippen LogP contribution in [0, 0.1) is 0 Å². The van der Waals surface area contributed by atoms with Crippen LogP contribution in [0.3, 0.4) is 0 Å². The molecule has 81 heavy (non-hydrogen) atoms. The number of aromatic nitrogens is 8. The summed E-state index contributed by atoms with van der Waals surface area (Å²) < 4.78 is 34.6. The van der Waals surface area contributed by atoms with E-state index in [-0.39, 0.29) is 54.8 Å². The summed E-state index contributed by atoms with van der Waals surface area (Å²) in [7, 11) is -3.90. The number of nitrogens with zero attached hydrogens (tertiary/aromatic N) is 7. The standard InChI is InChI=1S/C35H25BrN4O2S.C29H21BrN4.2CH4.Na.H2O/c36-30-21-32-33(25-39(34(32)37-23-30)43(41,42)31-19-11-4-12-20-31)26-22-38-40(24-26)35(27-13-5-1-6-14-27,28-15-7-2-8-16-28)29-17-9-3-10-18-29;30-25-16-26-27(19-32-28(26)31-18-25)21-17-33-34(20-21)29(22-10-4-1-5-11-22,23-12-6-2-7-13-23)24-14-8-3-9-15-24;;;;/h1-25H;1-20H,(H,31,32);2*1H4;;1H2/q;;;;+1;/p-1. The van der Waals surface area contributed by atoms with E-state index in [0.29, 0.717) is 16.6 Å². The van der Waals surface area contributed by atoms with Gasteiger partial charge >= 0.3 is 29.6 Å². The van der Waals surface area contributed by atoms with E-state index < -0.39 is 21.1 Å². The van der Waals surface area contributed by atoms with Crippen molar-refractivity contribution in [2.75, 3.05) is 0 Å². The Kier molecular flexibility index (Phi) is 18.6. The average molecular weight is 1220 g/mol. The van der Waals surface area contributed by atoms with Crippen molar-refractivity contribution in [1.29, 1.82) is 0 Å². The number of rotatable bonds is 12. The van der Waals surface area contributed by atoms with Crippen LogP contribution in [0.2, 0.25) is 0 Å². The fourth-order valence-electron chi connectivity index (χ4n) is 10.6. The van der Waals surface area contributed by atoms with Crippen molar-refractivity contribution in [3.63, 3.8) is 0 Å². The van der Waals surface area contributed by atoms with Crippen LogP contribution in [-0.4, -0.2) is 52.4 Å². The third-order valence-electron chi connectivity index (χ3n) is 14.0. The smallest absolute Gasteiger partial charge is 0.870 e. The zero-order valence-electron chi connectivity index (χ0n) is 42.5. The Morgan fingerprint density at radius 3 is 1.17 bits per heavy atom. The van der Waals surface area contributed by atoms with Gasteiger partial charge in [-0.25, -0.2) is 22.4 Å². The number of hydrogen-bond donors (Lipinski definition) is 1. The van der Waals surface area contributed by atoms with Gasteiger partial charge in [0.25, 0.3) is 10.0 Å². The summed E-state index contributed by atoms with van der Waals surface area (Å²) in [6.07, 6.45) is 14.9. The Balaban J connectivity index is 0.000000207. The second kappa shape index (κ2) is 25.3. The molecule has 0 aliphatic heterocycles. The first-order valence-electron chi connectivity index (χ1n) is 24.8. The number of benzene rings is 7. The SMILES string of the molecule is Brc1cnc2[nH]cc(-c3cnn(C(c4ccccc4)(c4ccccc4)c4ccccc4)c3)c2c1.C.C.O=S(=O)(c1ccccc1)n1cc(-c2cnn(C(c3ccccc3)(c3ccccc3)c3ccccc3)c2)c2cc(Br)cnc21.[Na+].[OH-]. The van der Waals surface area contributed by atoms with Gasteiger partial charge in [-0.2, -0.15) is 10.2 Å². The summed E-state index contributed by atoms with van der Waals surface area (Å²) in [5, 5.41) is 11.7. The summed E-state index contributed by atoms with van der Waals surface area (Å²) in [5.74, 6) is 0. The van der Waals surface area contributed by atoms with Crippen molar-refractivity contribution in [2.24, 2.45) is 0 Å². The molecule has 0 saturated heterocycles. The Bertz CT molecular complexity index is 4070. The van der Waals surface area contributed by atoms with Crippen LogP contribution >= 0.6 is 31.9 Å². The van der Waals surface area contributed by atoms with E-state index in [1.165, 1.54) is 3.97 Å². The van der Waals surface area contributed by atoms with Crippen LogP contribution in [0.15, 0.2) is 288 Å².